The molecule has 1 aliphatic rings. The maximum atomic E-state index is 5.72. The molecule has 3 heterocycles. The first kappa shape index (κ1) is 28.9. The molecule has 3 aromatic rings. The first-order valence-electron chi connectivity index (χ1n) is 13.2. The van der Waals surface area contributed by atoms with E-state index in [9.17, 15) is 0 Å². The van der Waals surface area contributed by atoms with E-state index in [0.29, 0.717) is 12.5 Å². The monoisotopic (exact) mass is 496 g/mol. The summed E-state index contributed by atoms with van der Waals surface area (Å²) in [7, 11) is 1.69. The van der Waals surface area contributed by atoms with Gasteiger partial charge in [-0.1, -0.05) is 27.7 Å². The molecule has 4 rings (SSSR count). The zero-order valence-corrected chi connectivity index (χ0v) is 23.8. The number of anilines is 1. The molecule has 8 nitrogen and oxygen atoms in total. The molecule has 0 bridgehead atoms. The molecule has 1 N–H and O–H groups in total. The molecule has 0 amide bonds. The second-order valence-electron chi connectivity index (χ2n) is 8.07. The van der Waals surface area contributed by atoms with Crippen LogP contribution in [0.1, 0.15) is 58.6 Å². The summed E-state index contributed by atoms with van der Waals surface area (Å²) in [4.78, 5) is 0. The number of rotatable bonds is 8. The molecule has 0 fully saturated rings. The second kappa shape index (κ2) is 13.7. The van der Waals surface area contributed by atoms with Crippen molar-refractivity contribution in [2.24, 2.45) is 11.0 Å². The van der Waals surface area contributed by atoms with E-state index in [4.69, 9.17) is 9.47 Å². The number of nitrogens with one attached hydrogen (secondary N) is 1. The van der Waals surface area contributed by atoms with Gasteiger partial charge in [0.1, 0.15) is 11.5 Å². The van der Waals surface area contributed by atoms with Gasteiger partial charge in [0.2, 0.25) is 0 Å². The van der Waals surface area contributed by atoms with Crippen molar-refractivity contribution in [3.05, 3.63) is 35.3 Å². The highest BCUT2D eigenvalue weighted by atomic mass is 16.5. The Hall–Kier alpha value is -3.29. The summed E-state index contributed by atoms with van der Waals surface area (Å²) in [6.07, 6.45) is 2.02. The average Bonchev–Trinajstić information content (AvgIpc) is 3.49. The van der Waals surface area contributed by atoms with Gasteiger partial charge in [-0.2, -0.15) is 10.2 Å². The molecule has 36 heavy (non-hydrogen) atoms. The van der Waals surface area contributed by atoms with Crippen LogP contribution in [0, 0.1) is 26.7 Å². The minimum absolute atomic E-state index is 0.350. The number of aromatic nitrogens is 3. The van der Waals surface area contributed by atoms with Crippen molar-refractivity contribution in [1.82, 2.24) is 19.8 Å². The summed E-state index contributed by atoms with van der Waals surface area (Å²) in [5.41, 5.74) is 4.08. The second-order valence-corrected chi connectivity index (χ2v) is 8.07. The van der Waals surface area contributed by atoms with Gasteiger partial charge < -0.3 is 19.4 Å². The average molecular weight is 497 g/mol. The van der Waals surface area contributed by atoms with Crippen molar-refractivity contribution in [2.75, 3.05) is 38.7 Å². The third-order valence-electron chi connectivity index (χ3n) is 6.03. The molecule has 0 aliphatic carbocycles. The first-order chi connectivity index (χ1) is 17.5. The molecule has 0 spiro atoms. The molecule has 198 valence electrons. The van der Waals surface area contributed by atoms with Crippen LogP contribution in [0.4, 0.5) is 5.82 Å². The zero-order valence-electron chi connectivity index (χ0n) is 23.8. The van der Waals surface area contributed by atoms with E-state index < -0.39 is 0 Å². The lowest BCUT2D eigenvalue weighted by molar-refractivity contribution is 0.314. The van der Waals surface area contributed by atoms with Crippen LogP contribution in [0.2, 0.25) is 0 Å². The van der Waals surface area contributed by atoms with Crippen LogP contribution in [-0.4, -0.2) is 59.3 Å². The highest BCUT2D eigenvalue weighted by Crippen LogP contribution is 2.37. The van der Waals surface area contributed by atoms with Crippen LogP contribution < -0.4 is 14.8 Å². The van der Waals surface area contributed by atoms with Gasteiger partial charge in [0, 0.05) is 60.0 Å². The molecule has 1 aromatic carbocycles. The van der Waals surface area contributed by atoms with Crippen LogP contribution in [-0.2, 0) is 0 Å². The normalized spacial score (nSPS) is 14.2. The number of aryl methyl sites for hydroxylation is 3. The molecule has 0 radical (unpaired) electrons. The van der Waals surface area contributed by atoms with E-state index in [1.807, 2.05) is 66.0 Å². The first-order valence-corrected chi connectivity index (χ1v) is 13.2. The third kappa shape index (κ3) is 5.91. The van der Waals surface area contributed by atoms with Crippen LogP contribution in [0.25, 0.3) is 16.5 Å². The van der Waals surface area contributed by atoms with Crippen molar-refractivity contribution in [3.8, 4) is 17.2 Å². The van der Waals surface area contributed by atoms with E-state index in [-0.39, 0.29) is 0 Å². The number of nitrogens with zero attached hydrogens (tertiary/aromatic N) is 5. The summed E-state index contributed by atoms with van der Waals surface area (Å²) < 4.78 is 13.6. The van der Waals surface area contributed by atoms with Crippen molar-refractivity contribution in [1.29, 1.82) is 0 Å². The Kier molecular flexibility index (Phi) is 11.0. The van der Waals surface area contributed by atoms with Gasteiger partial charge in [-0.3, -0.25) is 5.01 Å². The summed E-state index contributed by atoms with van der Waals surface area (Å²) in [5.74, 6) is 2.71. The molecular weight excluding hydrogens is 452 g/mol. The molecular formula is C28H44N6O2. The lowest BCUT2D eigenvalue weighted by Gasteiger charge is -2.15. The van der Waals surface area contributed by atoms with Gasteiger partial charge in [0.25, 0.3) is 0 Å². The minimum Gasteiger partial charge on any atom is -0.494 e. The Morgan fingerprint density at radius 3 is 2.31 bits per heavy atom. The van der Waals surface area contributed by atoms with Crippen LogP contribution >= 0.6 is 0 Å². The van der Waals surface area contributed by atoms with Gasteiger partial charge in [0.15, 0.2) is 5.82 Å². The fourth-order valence-electron chi connectivity index (χ4n) is 4.49. The van der Waals surface area contributed by atoms with Gasteiger partial charge in [-0.25, -0.2) is 0 Å². The van der Waals surface area contributed by atoms with E-state index in [2.05, 4.69) is 51.0 Å². The summed E-state index contributed by atoms with van der Waals surface area (Å²) >= 11 is 0. The highest BCUT2D eigenvalue weighted by molar-refractivity contribution is 5.98. The molecule has 2 aromatic heterocycles. The van der Waals surface area contributed by atoms with Gasteiger partial charge in [-0.15, -0.1) is 5.10 Å². The summed E-state index contributed by atoms with van der Waals surface area (Å²) in [6, 6.07) is 5.95. The highest BCUT2D eigenvalue weighted by Gasteiger charge is 2.22. The number of ether oxygens (including phenoxy) is 2. The molecule has 0 saturated carbocycles. The number of fused-ring (bicyclic) bond motifs is 1. The molecule has 1 aliphatic heterocycles. The Labute approximate surface area is 216 Å². The van der Waals surface area contributed by atoms with Crippen molar-refractivity contribution in [3.63, 3.8) is 0 Å². The predicted octanol–water partition coefficient (Wildman–Crippen LogP) is 6.15. The van der Waals surface area contributed by atoms with Crippen molar-refractivity contribution >= 4 is 22.8 Å². The van der Waals surface area contributed by atoms with Gasteiger partial charge >= 0.3 is 0 Å². The van der Waals surface area contributed by atoms with E-state index in [1.165, 1.54) is 0 Å². The van der Waals surface area contributed by atoms with E-state index in [1.54, 1.807) is 7.11 Å². The number of methoxy groups -OCH3 is 1. The smallest absolute Gasteiger partial charge is 0.158 e. The Bertz CT molecular complexity index is 1150. The molecule has 8 heteroatoms. The van der Waals surface area contributed by atoms with Crippen molar-refractivity contribution in [2.45, 2.75) is 62.3 Å². The number of benzene rings is 1. The van der Waals surface area contributed by atoms with Crippen molar-refractivity contribution < 1.29 is 9.47 Å². The summed E-state index contributed by atoms with van der Waals surface area (Å²) in [6.45, 7) is 21.6. The predicted molar refractivity (Wildman–Crippen MR) is 151 cm³/mol. The quantitative estimate of drug-likeness (QED) is 0.403. The standard InChI is InChI=1S/C24H32N6O2.2C2H6/c1-7-29-14-18(13-26-29)12-25-24-23-17(5)30(16(4)22(23)15(3)27-28-24)20-10-9-19(32-8-2)11-21(20)31-6;2*1-2/h9-11,13,18H,7-8,12,14H2,1-6H3,(H,25,28);2*1-2H3. The lowest BCUT2D eigenvalue weighted by atomic mass is 10.1. The Balaban J connectivity index is 0.00000109. The van der Waals surface area contributed by atoms with Crippen LogP contribution in [0.15, 0.2) is 23.3 Å². The van der Waals surface area contributed by atoms with Gasteiger partial charge in [-0.05, 0) is 46.8 Å². The summed E-state index contributed by atoms with van der Waals surface area (Å²) in [5, 5.41) is 21.2. The Morgan fingerprint density at radius 1 is 1.00 bits per heavy atom. The third-order valence-corrected chi connectivity index (χ3v) is 6.03. The Morgan fingerprint density at radius 2 is 1.69 bits per heavy atom. The fraction of sp³-hybridized carbons (Fsp3) is 0.536. The van der Waals surface area contributed by atoms with Gasteiger partial charge in [0.05, 0.1) is 25.1 Å². The number of hydrogen-bond donors (Lipinski definition) is 1. The molecule has 1 unspecified atom stereocenters. The topological polar surface area (TPSA) is 76.8 Å². The van der Waals surface area contributed by atoms with Crippen LogP contribution in [0.3, 0.4) is 0 Å². The maximum Gasteiger partial charge on any atom is 0.158 e. The molecule has 0 saturated heterocycles. The lowest BCUT2D eigenvalue weighted by Crippen LogP contribution is -2.23. The SMILES string of the molecule is CC.CC.CCOc1ccc(-n2c(C)c3c(C)nnc(NCC4C=NN(CC)C4)c3c2C)c(OC)c1. The minimum atomic E-state index is 0.350. The largest absolute Gasteiger partial charge is 0.494 e. The zero-order chi connectivity index (χ0) is 26.8. The van der Waals surface area contributed by atoms with E-state index in [0.717, 1.165) is 70.5 Å². The van der Waals surface area contributed by atoms with E-state index >= 15 is 0 Å². The number of hydrogen-bond acceptors (Lipinski definition) is 7. The maximum absolute atomic E-state index is 5.72. The number of hydrazone groups is 1. The molecule has 1 atom stereocenters. The van der Waals surface area contributed by atoms with Crippen LogP contribution in [0.5, 0.6) is 11.5 Å². The fourth-order valence-corrected chi connectivity index (χ4v) is 4.49.